The molecular weight excluding hydrogens is 376 g/mol. The molecule has 6 N–H and O–H groups in total. The summed E-state index contributed by atoms with van der Waals surface area (Å²) in [4.78, 5) is -0.146. The van der Waals surface area contributed by atoms with Crippen molar-refractivity contribution in [2.75, 3.05) is 5.73 Å². The molecule has 28 heavy (non-hydrogen) atoms. The molecule has 3 rings (SSSR count). The van der Waals surface area contributed by atoms with Gasteiger partial charge in [-0.1, -0.05) is 60.7 Å². The van der Waals surface area contributed by atoms with Crippen molar-refractivity contribution in [1.29, 1.82) is 0 Å². The molecule has 3 aromatic carbocycles. The summed E-state index contributed by atoms with van der Waals surface area (Å²) in [7, 11) is -4.05. The Morgan fingerprint density at radius 2 is 1.57 bits per heavy atom. The van der Waals surface area contributed by atoms with Crippen molar-refractivity contribution in [3.63, 3.8) is 0 Å². The summed E-state index contributed by atoms with van der Waals surface area (Å²) < 4.78 is 24.0. The zero-order valence-corrected chi connectivity index (χ0v) is 15.7. The predicted octanol–water partition coefficient (Wildman–Crippen LogP) is 2.74. The van der Waals surface area contributed by atoms with Gasteiger partial charge >= 0.3 is 0 Å². The maximum Gasteiger partial charge on any atom is 0.238 e. The second kappa shape index (κ2) is 7.95. The second-order valence-corrected chi connectivity index (χ2v) is 7.76. The summed E-state index contributed by atoms with van der Waals surface area (Å²) in [5, 5.41) is 25.4. The number of aliphatic hydroxyl groups excluding tert-OH is 1. The van der Waals surface area contributed by atoms with Gasteiger partial charge in [-0.05, 0) is 34.9 Å². The first-order valence-corrected chi connectivity index (χ1v) is 9.97. The third-order valence-electron chi connectivity index (χ3n) is 4.25. The number of sulfonamides is 1. The Morgan fingerprint density at radius 3 is 2.21 bits per heavy atom. The normalized spacial score (nSPS) is 12.0. The molecule has 0 unspecified atom stereocenters. The van der Waals surface area contributed by atoms with Crippen molar-refractivity contribution in [3.8, 4) is 11.1 Å². The van der Waals surface area contributed by atoms with Crippen molar-refractivity contribution in [3.05, 3.63) is 83.4 Å². The number of nitrogens with two attached hydrogens (primary N) is 2. The van der Waals surface area contributed by atoms with E-state index in [1.807, 2.05) is 36.4 Å². The molecule has 0 fully saturated rings. The number of rotatable bonds is 5. The summed E-state index contributed by atoms with van der Waals surface area (Å²) in [6.45, 7) is 0. The van der Waals surface area contributed by atoms with E-state index in [-0.39, 0.29) is 16.0 Å². The minimum Gasteiger partial charge on any atom is -0.399 e. The summed E-state index contributed by atoms with van der Waals surface area (Å²) in [5.41, 5.74) is 8.30. The smallest absolute Gasteiger partial charge is 0.238 e. The first kappa shape index (κ1) is 19.8. The molecule has 0 aromatic heterocycles. The molecule has 0 aliphatic carbocycles. The second-order valence-electron chi connectivity index (χ2n) is 6.23. The largest absolute Gasteiger partial charge is 0.399 e. The van der Waals surface area contributed by atoms with E-state index in [0.29, 0.717) is 16.8 Å². The third kappa shape index (κ3) is 4.29. The van der Waals surface area contributed by atoms with Gasteiger partial charge in [0.15, 0.2) is 6.29 Å². The third-order valence-corrected chi connectivity index (χ3v) is 5.22. The van der Waals surface area contributed by atoms with Crippen LogP contribution in [0, 0.1) is 0 Å². The first-order chi connectivity index (χ1) is 13.3. The summed E-state index contributed by atoms with van der Waals surface area (Å²) in [5.74, 6) is 0. The van der Waals surface area contributed by atoms with E-state index in [9.17, 15) is 18.6 Å². The molecule has 0 saturated heterocycles. The van der Waals surface area contributed by atoms with E-state index in [4.69, 9.17) is 10.9 Å². The Morgan fingerprint density at radius 1 is 0.857 bits per heavy atom. The fourth-order valence-electron chi connectivity index (χ4n) is 3.01. The van der Waals surface area contributed by atoms with Crippen LogP contribution < -0.4 is 10.9 Å². The monoisotopic (exact) mass is 396 g/mol. The molecule has 0 spiro atoms. The molecule has 6 nitrogen and oxygen atoms in total. The van der Waals surface area contributed by atoms with Crippen LogP contribution >= 0.6 is 0 Å². The average molecular weight is 396 g/mol. The topological polar surface area (TPSA) is 127 Å². The highest BCUT2D eigenvalue weighted by atomic mass is 32.2. The fraction of sp³-hybridized carbons (Fsp3) is 0.0476. The lowest BCUT2D eigenvalue weighted by Crippen LogP contribution is -2.14. The lowest BCUT2D eigenvalue weighted by Gasteiger charge is -2.17. The van der Waals surface area contributed by atoms with Crippen molar-refractivity contribution in [2.24, 2.45) is 5.14 Å². The summed E-state index contributed by atoms with van der Waals surface area (Å²) in [6, 6.07) is 18.7. The van der Waals surface area contributed by atoms with Crippen LogP contribution in [0.3, 0.4) is 0 Å². The zero-order chi connectivity index (χ0) is 20.3. The maximum absolute atomic E-state index is 12.0. The molecular formula is C21H20N2O4S. The van der Waals surface area contributed by atoms with Crippen molar-refractivity contribution in [2.45, 2.75) is 11.2 Å². The Labute approximate surface area is 163 Å². The van der Waals surface area contributed by atoms with Crippen LogP contribution in [0.1, 0.15) is 23.0 Å². The van der Waals surface area contributed by atoms with Gasteiger partial charge < -0.3 is 15.9 Å². The van der Waals surface area contributed by atoms with Gasteiger partial charge in [-0.15, -0.1) is 0 Å². The van der Waals surface area contributed by atoms with Gasteiger partial charge in [0.2, 0.25) is 10.0 Å². The van der Waals surface area contributed by atoms with E-state index in [1.54, 1.807) is 24.3 Å². The van der Waals surface area contributed by atoms with Crippen molar-refractivity contribution >= 4 is 27.9 Å². The van der Waals surface area contributed by atoms with Crippen LogP contribution in [-0.2, 0) is 10.0 Å². The molecule has 0 aliphatic heterocycles. The van der Waals surface area contributed by atoms with Crippen LogP contribution in [0.5, 0.6) is 0 Å². The maximum atomic E-state index is 12.0. The van der Waals surface area contributed by atoms with Gasteiger partial charge in [0.25, 0.3) is 0 Å². The average Bonchev–Trinajstić information content (AvgIpc) is 2.65. The van der Waals surface area contributed by atoms with Crippen LogP contribution in [0.15, 0.2) is 71.6 Å². The van der Waals surface area contributed by atoms with Gasteiger partial charge in [0.1, 0.15) is 0 Å². The van der Waals surface area contributed by atoms with Gasteiger partial charge in [0.05, 0.1) is 4.90 Å². The van der Waals surface area contributed by atoms with E-state index in [1.165, 1.54) is 18.2 Å². The molecule has 0 radical (unpaired) electrons. The molecule has 7 heteroatoms. The Bertz CT molecular complexity index is 1120. The highest BCUT2D eigenvalue weighted by Crippen LogP contribution is 2.36. The molecule has 0 heterocycles. The number of nitrogen functional groups attached to an aromatic ring is 1. The molecule has 0 saturated carbocycles. The van der Waals surface area contributed by atoms with E-state index < -0.39 is 16.3 Å². The number of hydrogen-bond acceptors (Lipinski definition) is 5. The summed E-state index contributed by atoms with van der Waals surface area (Å²) >= 11 is 0. The number of benzene rings is 3. The van der Waals surface area contributed by atoms with Crippen LogP contribution in [0.2, 0.25) is 0 Å². The number of hydrogen-bond donors (Lipinski definition) is 4. The van der Waals surface area contributed by atoms with Crippen molar-refractivity contribution < 1.29 is 18.6 Å². The Balaban J connectivity index is 2.22. The van der Waals surface area contributed by atoms with Gasteiger partial charge in [-0.3, -0.25) is 0 Å². The highest BCUT2D eigenvalue weighted by molar-refractivity contribution is 7.89. The Kier molecular flexibility index (Phi) is 5.62. The van der Waals surface area contributed by atoms with Gasteiger partial charge in [-0.25, -0.2) is 13.6 Å². The number of primary sulfonamides is 1. The SMILES string of the molecule is Nc1ccc(S(N)(=O)=O)c(-c2cccc(/C=C/c3ccccc3)c2C(O)O)c1. The van der Waals surface area contributed by atoms with Gasteiger partial charge in [-0.2, -0.15) is 0 Å². The lowest BCUT2D eigenvalue weighted by atomic mass is 9.94. The molecule has 0 aliphatic rings. The standard InChI is InChI=1S/C21H20N2O4S/c22-16-11-12-19(28(23,26)27)18(13-16)17-8-4-7-15(20(17)21(24)25)10-9-14-5-2-1-3-6-14/h1-13,21,24-25H,22H2,(H2,23,26,27)/b10-9+. The molecule has 0 amide bonds. The molecule has 144 valence electrons. The van der Waals surface area contributed by atoms with Crippen molar-refractivity contribution in [1.82, 2.24) is 0 Å². The molecule has 3 aromatic rings. The van der Waals surface area contributed by atoms with E-state index >= 15 is 0 Å². The molecule has 0 atom stereocenters. The predicted molar refractivity (Wildman–Crippen MR) is 110 cm³/mol. The van der Waals surface area contributed by atoms with Gasteiger partial charge in [0, 0.05) is 16.8 Å². The Hall–Kier alpha value is -2.97. The fourth-order valence-corrected chi connectivity index (χ4v) is 3.74. The zero-order valence-electron chi connectivity index (χ0n) is 14.9. The highest BCUT2D eigenvalue weighted by Gasteiger charge is 2.21. The quantitative estimate of drug-likeness (QED) is 0.300. The number of anilines is 1. The van der Waals surface area contributed by atoms with Crippen LogP contribution in [0.25, 0.3) is 23.3 Å². The summed E-state index contributed by atoms with van der Waals surface area (Å²) in [6.07, 6.45) is 1.72. The minimum atomic E-state index is -4.05. The van der Waals surface area contributed by atoms with Crippen LogP contribution in [0.4, 0.5) is 5.69 Å². The first-order valence-electron chi connectivity index (χ1n) is 8.42. The minimum absolute atomic E-state index is 0.146. The molecule has 0 bridgehead atoms. The van der Waals surface area contributed by atoms with E-state index in [2.05, 4.69) is 0 Å². The van der Waals surface area contributed by atoms with Crippen LogP contribution in [-0.4, -0.2) is 18.6 Å². The van der Waals surface area contributed by atoms with E-state index in [0.717, 1.165) is 5.56 Å². The lowest BCUT2D eigenvalue weighted by molar-refractivity contribution is -0.0421. The number of aliphatic hydroxyl groups is 2.